The van der Waals surface area contributed by atoms with E-state index in [-0.39, 0.29) is 28.4 Å². The number of nitrogens with zero attached hydrogens (tertiary/aromatic N) is 3. The van der Waals surface area contributed by atoms with Crippen molar-refractivity contribution in [3.8, 4) is 0 Å². The monoisotopic (exact) mass is 460 g/mol. The Balaban J connectivity index is 1.30. The van der Waals surface area contributed by atoms with Gasteiger partial charge in [0.25, 0.3) is 5.91 Å². The number of amides is 1. The lowest BCUT2D eigenvalue weighted by Gasteiger charge is -2.39. The van der Waals surface area contributed by atoms with Gasteiger partial charge in [0.1, 0.15) is 10.7 Å². The molecular formula is C23H32N4O4S. The number of piperazine rings is 1. The third-order valence-corrected chi connectivity index (χ3v) is 8.40. The van der Waals surface area contributed by atoms with E-state index in [0.29, 0.717) is 19.6 Å². The molecule has 0 bridgehead atoms. The molecule has 1 aromatic heterocycles. The Bertz CT molecular complexity index is 1020. The average molecular weight is 461 g/mol. The Kier molecular flexibility index (Phi) is 6.88. The van der Waals surface area contributed by atoms with Gasteiger partial charge in [0, 0.05) is 63.6 Å². The first kappa shape index (κ1) is 22.8. The van der Waals surface area contributed by atoms with E-state index < -0.39 is 10.0 Å². The van der Waals surface area contributed by atoms with Crippen molar-refractivity contribution in [2.24, 2.45) is 0 Å². The van der Waals surface area contributed by atoms with E-state index in [1.54, 1.807) is 6.92 Å². The normalized spacial score (nSPS) is 19.2. The van der Waals surface area contributed by atoms with Crippen LogP contribution in [0.1, 0.15) is 36.1 Å². The Morgan fingerprint density at radius 2 is 1.72 bits per heavy atom. The van der Waals surface area contributed by atoms with Crippen molar-refractivity contribution in [3.63, 3.8) is 0 Å². The van der Waals surface area contributed by atoms with Crippen LogP contribution in [0.25, 0.3) is 0 Å². The third kappa shape index (κ3) is 4.84. The number of rotatable bonds is 7. The molecule has 2 aliphatic heterocycles. The molecule has 2 saturated heterocycles. The van der Waals surface area contributed by atoms with Gasteiger partial charge >= 0.3 is 0 Å². The SMILES string of the molecule is Cc1oc(C(=O)NCC(C)N2CCN(c3ccccc3)CC2)cc1S(=O)(=O)N1CCCC1. The fourth-order valence-corrected chi connectivity index (χ4v) is 6.10. The second-order valence-electron chi connectivity index (χ2n) is 8.56. The van der Waals surface area contributed by atoms with Gasteiger partial charge in [-0.1, -0.05) is 18.2 Å². The fourth-order valence-electron chi connectivity index (χ4n) is 4.42. The quantitative estimate of drug-likeness (QED) is 0.683. The molecule has 3 heterocycles. The maximum absolute atomic E-state index is 12.8. The summed E-state index contributed by atoms with van der Waals surface area (Å²) in [5, 5.41) is 2.90. The number of furan rings is 1. The van der Waals surface area contributed by atoms with Crippen LogP contribution >= 0.6 is 0 Å². The number of hydrogen-bond donors (Lipinski definition) is 1. The van der Waals surface area contributed by atoms with Gasteiger partial charge in [-0.15, -0.1) is 0 Å². The van der Waals surface area contributed by atoms with Crippen LogP contribution in [0.15, 0.2) is 45.7 Å². The Hall–Kier alpha value is -2.36. The molecule has 0 radical (unpaired) electrons. The predicted octanol–water partition coefficient (Wildman–Crippen LogP) is 2.31. The number of benzene rings is 1. The lowest BCUT2D eigenvalue weighted by Crippen LogP contribution is -2.52. The van der Waals surface area contributed by atoms with Crippen LogP contribution in [-0.4, -0.2) is 75.4 Å². The molecule has 2 aromatic rings. The highest BCUT2D eigenvalue weighted by molar-refractivity contribution is 7.89. The van der Waals surface area contributed by atoms with Crippen LogP contribution in [0.3, 0.4) is 0 Å². The summed E-state index contributed by atoms with van der Waals surface area (Å²) in [5.41, 5.74) is 1.24. The van der Waals surface area contributed by atoms with E-state index in [0.717, 1.165) is 39.0 Å². The van der Waals surface area contributed by atoms with Gasteiger partial charge in [-0.2, -0.15) is 4.31 Å². The van der Waals surface area contributed by atoms with Crippen molar-refractivity contribution in [1.29, 1.82) is 0 Å². The zero-order chi connectivity index (χ0) is 22.7. The number of sulfonamides is 1. The molecule has 32 heavy (non-hydrogen) atoms. The van der Waals surface area contributed by atoms with Crippen LogP contribution < -0.4 is 10.2 Å². The summed E-state index contributed by atoms with van der Waals surface area (Å²) < 4.78 is 32.6. The minimum absolute atomic E-state index is 0.0429. The number of nitrogens with one attached hydrogen (secondary N) is 1. The molecule has 8 nitrogen and oxygen atoms in total. The minimum atomic E-state index is -3.61. The van der Waals surface area contributed by atoms with Crippen molar-refractivity contribution in [3.05, 3.63) is 47.9 Å². The molecule has 1 unspecified atom stereocenters. The number of hydrogen-bond acceptors (Lipinski definition) is 6. The summed E-state index contributed by atoms with van der Waals surface area (Å²) >= 11 is 0. The molecule has 1 N–H and O–H groups in total. The molecule has 1 atom stereocenters. The van der Waals surface area contributed by atoms with Crippen LogP contribution in [0.5, 0.6) is 0 Å². The maximum atomic E-state index is 12.8. The zero-order valence-electron chi connectivity index (χ0n) is 18.8. The van der Waals surface area contributed by atoms with Gasteiger partial charge in [0.15, 0.2) is 5.76 Å². The molecule has 0 spiro atoms. The maximum Gasteiger partial charge on any atom is 0.287 e. The molecule has 4 rings (SSSR count). The van der Waals surface area contributed by atoms with E-state index in [1.165, 1.54) is 16.1 Å². The highest BCUT2D eigenvalue weighted by Gasteiger charge is 2.32. The average Bonchev–Trinajstić information content (AvgIpc) is 3.49. The van der Waals surface area contributed by atoms with Gasteiger partial charge < -0.3 is 14.6 Å². The Labute approximate surface area is 190 Å². The smallest absolute Gasteiger partial charge is 0.287 e. The molecule has 174 valence electrons. The first-order valence-corrected chi connectivity index (χ1v) is 12.7. The second-order valence-corrected chi connectivity index (χ2v) is 10.5. The molecule has 2 fully saturated rings. The number of para-hydroxylation sites is 1. The molecule has 1 aromatic carbocycles. The van der Waals surface area contributed by atoms with Crippen LogP contribution in [0.4, 0.5) is 5.69 Å². The second kappa shape index (κ2) is 9.64. The lowest BCUT2D eigenvalue weighted by molar-refractivity contribution is 0.0905. The van der Waals surface area contributed by atoms with Crippen molar-refractivity contribution in [1.82, 2.24) is 14.5 Å². The van der Waals surface area contributed by atoms with Gasteiger partial charge in [0.2, 0.25) is 10.0 Å². The highest BCUT2D eigenvalue weighted by Crippen LogP contribution is 2.26. The van der Waals surface area contributed by atoms with Crippen molar-refractivity contribution in [2.45, 2.75) is 37.6 Å². The van der Waals surface area contributed by atoms with Crippen molar-refractivity contribution >= 4 is 21.6 Å². The molecule has 0 saturated carbocycles. The molecule has 2 aliphatic rings. The van der Waals surface area contributed by atoms with Crippen LogP contribution in [-0.2, 0) is 10.0 Å². The summed E-state index contributed by atoms with van der Waals surface area (Å²) in [7, 11) is -3.61. The van der Waals surface area contributed by atoms with E-state index in [2.05, 4.69) is 46.3 Å². The summed E-state index contributed by atoms with van der Waals surface area (Å²) in [5.74, 6) is -0.0840. The van der Waals surface area contributed by atoms with Crippen molar-refractivity contribution in [2.75, 3.05) is 50.7 Å². The molecule has 9 heteroatoms. The minimum Gasteiger partial charge on any atom is -0.455 e. The number of aryl methyl sites for hydroxylation is 1. The number of carbonyl (C=O) groups is 1. The zero-order valence-corrected chi connectivity index (χ0v) is 19.6. The summed E-state index contributed by atoms with van der Waals surface area (Å²) in [6.07, 6.45) is 1.72. The standard InChI is InChI=1S/C23H32N4O4S/c1-18(25-12-14-26(15-13-25)20-8-4-3-5-9-20)17-24-23(28)21-16-22(19(2)31-21)32(29,30)27-10-6-7-11-27/h3-5,8-9,16,18H,6-7,10-15,17H2,1-2H3,(H,24,28). The first-order chi connectivity index (χ1) is 15.4. The van der Waals surface area contributed by atoms with E-state index in [9.17, 15) is 13.2 Å². The predicted molar refractivity (Wildman–Crippen MR) is 123 cm³/mol. The molecule has 1 amide bonds. The Morgan fingerprint density at radius 1 is 1.06 bits per heavy atom. The largest absolute Gasteiger partial charge is 0.455 e. The summed E-state index contributed by atoms with van der Waals surface area (Å²) in [6.45, 7) is 8.91. The summed E-state index contributed by atoms with van der Waals surface area (Å²) in [6, 6.07) is 11.9. The first-order valence-electron chi connectivity index (χ1n) is 11.3. The topological polar surface area (TPSA) is 86.1 Å². The molecular weight excluding hydrogens is 428 g/mol. The highest BCUT2D eigenvalue weighted by atomic mass is 32.2. The number of anilines is 1. The lowest BCUT2D eigenvalue weighted by atomic mass is 10.2. The number of carbonyl (C=O) groups excluding carboxylic acids is 1. The third-order valence-electron chi connectivity index (χ3n) is 6.40. The van der Waals surface area contributed by atoms with Crippen LogP contribution in [0.2, 0.25) is 0 Å². The van der Waals surface area contributed by atoms with Crippen molar-refractivity contribution < 1.29 is 17.6 Å². The van der Waals surface area contributed by atoms with Crippen LogP contribution in [0, 0.1) is 6.92 Å². The summed E-state index contributed by atoms with van der Waals surface area (Å²) in [4.78, 5) is 17.5. The van der Waals surface area contributed by atoms with E-state index >= 15 is 0 Å². The Morgan fingerprint density at radius 3 is 2.38 bits per heavy atom. The van der Waals surface area contributed by atoms with Gasteiger partial charge in [-0.25, -0.2) is 8.42 Å². The fraction of sp³-hybridized carbons (Fsp3) is 0.522. The van der Waals surface area contributed by atoms with Gasteiger partial charge in [-0.05, 0) is 38.8 Å². The van der Waals surface area contributed by atoms with Gasteiger partial charge in [-0.3, -0.25) is 9.69 Å². The van der Waals surface area contributed by atoms with E-state index in [4.69, 9.17) is 4.42 Å². The van der Waals surface area contributed by atoms with E-state index in [1.807, 2.05) is 6.07 Å². The molecule has 0 aliphatic carbocycles. The van der Waals surface area contributed by atoms with Gasteiger partial charge in [0.05, 0.1) is 0 Å².